The van der Waals surface area contributed by atoms with Gasteiger partial charge >= 0.3 is 0 Å². The molecule has 2 saturated carbocycles. The summed E-state index contributed by atoms with van der Waals surface area (Å²) in [6, 6.07) is 3.43. The van der Waals surface area contributed by atoms with Crippen molar-refractivity contribution in [2.75, 3.05) is 0 Å². The van der Waals surface area contributed by atoms with E-state index in [2.05, 4.69) is 0 Å². The Balaban J connectivity index is 1.69. The van der Waals surface area contributed by atoms with Crippen LogP contribution in [0.5, 0.6) is 0 Å². The zero-order valence-corrected chi connectivity index (χ0v) is 10.2. The van der Waals surface area contributed by atoms with Gasteiger partial charge in [0.05, 0.1) is 0 Å². The summed E-state index contributed by atoms with van der Waals surface area (Å²) in [5.74, 6) is 0.0677. The third-order valence-corrected chi connectivity index (χ3v) is 4.57. The SMILES string of the molecule is O=C(CC1CC2CCC1C2)c1ccc(F)c(F)c1. The van der Waals surface area contributed by atoms with E-state index in [0.717, 1.165) is 24.5 Å². The Kier molecular flexibility index (Phi) is 2.92. The molecule has 3 atom stereocenters. The van der Waals surface area contributed by atoms with E-state index in [4.69, 9.17) is 0 Å². The highest BCUT2D eigenvalue weighted by molar-refractivity contribution is 5.96. The van der Waals surface area contributed by atoms with Gasteiger partial charge in [0.25, 0.3) is 0 Å². The van der Waals surface area contributed by atoms with Crippen LogP contribution in [0.3, 0.4) is 0 Å². The number of hydrogen-bond donors (Lipinski definition) is 0. The van der Waals surface area contributed by atoms with Crippen LogP contribution in [0.1, 0.15) is 42.5 Å². The average molecular weight is 250 g/mol. The quantitative estimate of drug-likeness (QED) is 0.742. The van der Waals surface area contributed by atoms with Crippen LogP contribution < -0.4 is 0 Å². The molecular weight excluding hydrogens is 234 g/mol. The Morgan fingerprint density at radius 2 is 2.00 bits per heavy atom. The fraction of sp³-hybridized carbons (Fsp3) is 0.533. The molecular formula is C15H16F2O. The first-order valence-corrected chi connectivity index (χ1v) is 6.61. The lowest BCUT2D eigenvalue weighted by atomic mass is 9.84. The van der Waals surface area contributed by atoms with Crippen molar-refractivity contribution < 1.29 is 13.6 Å². The van der Waals surface area contributed by atoms with Crippen molar-refractivity contribution in [3.05, 3.63) is 35.4 Å². The molecule has 96 valence electrons. The monoisotopic (exact) mass is 250 g/mol. The minimum absolute atomic E-state index is 0.0496. The molecule has 0 saturated heterocycles. The summed E-state index contributed by atoms with van der Waals surface area (Å²) in [5.41, 5.74) is 0.302. The van der Waals surface area contributed by atoms with Crippen molar-refractivity contribution in [3.63, 3.8) is 0 Å². The molecule has 0 aliphatic heterocycles. The van der Waals surface area contributed by atoms with Crippen LogP contribution in [0.4, 0.5) is 8.78 Å². The van der Waals surface area contributed by atoms with E-state index in [1.54, 1.807) is 0 Å². The lowest BCUT2D eigenvalue weighted by Gasteiger charge is -2.20. The molecule has 2 aliphatic carbocycles. The zero-order chi connectivity index (χ0) is 12.7. The fourth-order valence-electron chi connectivity index (χ4n) is 3.65. The van der Waals surface area contributed by atoms with Crippen LogP contribution in [0.15, 0.2) is 18.2 Å². The maximum absolute atomic E-state index is 13.1. The van der Waals surface area contributed by atoms with E-state index >= 15 is 0 Å². The molecule has 0 aromatic heterocycles. The van der Waals surface area contributed by atoms with Gasteiger partial charge in [-0.15, -0.1) is 0 Å². The molecule has 0 spiro atoms. The molecule has 2 aliphatic rings. The molecule has 1 aromatic carbocycles. The molecule has 1 aromatic rings. The molecule has 3 heteroatoms. The van der Waals surface area contributed by atoms with Gasteiger partial charge in [-0.2, -0.15) is 0 Å². The van der Waals surface area contributed by atoms with Crippen molar-refractivity contribution >= 4 is 5.78 Å². The first-order chi connectivity index (χ1) is 8.63. The Morgan fingerprint density at radius 3 is 2.61 bits per heavy atom. The third kappa shape index (κ3) is 2.06. The van der Waals surface area contributed by atoms with E-state index in [-0.39, 0.29) is 5.78 Å². The molecule has 2 fully saturated rings. The highest BCUT2D eigenvalue weighted by Crippen LogP contribution is 2.49. The second-order valence-electron chi connectivity index (χ2n) is 5.69. The number of ketones is 1. The first-order valence-electron chi connectivity index (χ1n) is 6.61. The van der Waals surface area contributed by atoms with Crippen molar-refractivity contribution in [1.82, 2.24) is 0 Å². The van der Waals surface area contributed by atoms with E-state index in [0.29, 0.717) is 23.8 Å². The van der Waals surface area contributed by atoms with Gasteiger partial charge in [-0.1, -0.05) is 6.42 Å². The number of halogens is 2. The smallest absolute Gasteiger partial charge is 0.163 e. The number of hydrogen-bond acceptors (Lipinski definition) is 1. The summed E-state index contributed by atoms with van der Waals surface area (Å²) in [5, 5.41) is 0. The normalized spacial score (nSPS) is 29.8. The van der Waals surface area contributed by atoms with E-state index in [9.17, 15) is 13.6 Å². The van der Waals surface area contributed by atoms with E-state index < -0.39 is 11.6 Å². The molecule has 18 heavy (non-hydrogen) atoms. The summed E-state index contributed by atoms with van der Waals surface area (Å²) in [4.78, 5) is 12.1. The fourth-order valence-corrected chi connectivity index (χ4v) is 3.65. The van der Waals surface area contributed by atoms with Crippen molar-refractivity contribution in [2.45, 2.75) is 32.1 Å². The number of Topliss-reactive ketones (excluding diaryl/α,β-unsaturated/α-hetero) is 1. The average Bonchev–Trinajstić information content (AvgIpc) is 2.94. The second kappa shape index (κ2) is 4.45. The molecule has 0 radical (unpaired) electrons. The van der Waals surface area contributed by atoms with E-state index in [1.807, 2.05) is 0 Å². The van der Waals surface area contributed by atoms with Gasteiger partial charge in [0.2, 0.25) is 0 Å². The lowest BCUT2D eigenvalue weighted by Crippen LogP contribution is -2.15. The predicted octanol–water partition coefficient (Wildman–Crippen LogP) is 3.97. The summed E-state index contributed by atoms with van der Waals surface area (Å²) in [6.07, 6.45) is 5.43. The molecule has 1 nitrogen and oxygen atoms in total. The number of carbonyl (C=O) groups excluding carboxylic acids is 1. The number of carbonyl (C=O) groups is 1. The Hall–Kier alpha value is -1.25. The summed E-state index contributed by atoms with van der Waals surface area (Å²) in [6.45, 7) is 0. The molecule has 0 N–H and O–H groups in total. The van der Waals surface area contributed by atoms with Crippen molar-refractivity contribution in [2.24, 2.45) is 17.8 Å². The standard InChI is InChI=1S/C15H16F2O/c16-13-4-3-11(7-14(13)17)15(18)8-12-6-9-1-2-10(12)5-9/h3-4,7,9-10,12H,1-2,5-6,8H2. The van der Waals surface area contributed by atoms with Crippen LogP contribution in [0.25, 0.3) is 0 Å². The highest BCUT2D eigenvalue weighted by Gasteiger charge is 2.40. The summed E-state index contributed by atoms with van der Waals surface area (Å²) < 4.78 is 25.9. The highest BCUT2D eigenvalue weighted by atomic mass is 19.2. The summed E-state index contributed by atoms with van der Waals surface area (Å²) >= 11 is 0. The maximum atomic E-state index is 13.1. The van der Waals surface area contributed by atoms with Crippen LogP contribution in [-0.4, -0.2) is 5.78 Å². The second-order valence-corrected chi connectivity index (χ2v) is 5.69. The van der Waals surface area contributed by atoms with Crippen LogP contribution >= 0.6 is 0 Å². The van der Waals surface area contributed by atoms with Gasteiger partial charge in [0.15, 0.2) is 17.4 Å². The largest absolute Gasteiger partial charge is 0.294 e. The number of benzene rings is 1. The minimum Gasteiger partial charge on any atom is -0.294 e. The van der Waals surface area contributed by atoms with Gasteiger partial charge in [0, 0.05) is 12.0 Å². The molecule has 3 rings (SSSR count). The number of fused-ring (bicyclic) bond motifs is 2. The van der Waals surface area contributed by atoms with E-state index in [1.165, 1.54) is 25.3 Å². The maximum Gasteiger partial charge on any atom is 0.163 e. The minimum atomic E-state index is -0.936. The molecule has 0 amide bonds. The molecule has 3 unspecified atom stereocenters. The van der Waals surface area contributed by atoms with Gasteiger partial charge in [-0.05, 0) is 55.2 Å². The third-order valence-electron chi connectivity index (χ3n) is 4.57. The summed E-state index contributed by atoms with van der Waals surface area (Å²) in [7, 11) is 0. The Morgan fingerprint density at radius 1 is 1.17 bits per heavy atom. The van der Waals surface area contributed by atoms with Gasteiger partial charge in [-0.3, -0.25) is 4.79 Å². The Bertz CT molecular complexity index is 483. The number of rotatable bonds is 3. The zero-order valence-electron chi connectivity index (χ0n) is 10.2. The van der Waals surface area contributed by atoms with Gasteiger partial charge in [-0.25, -0.2) is 8.78 Å². The van der Waals surface area contributed by atoms with Crippen LogP contribution in [0, 0.1) is 29.4 Å². The molecule has 0 heterocycles. The lowest BCUT2D eigenvalue weighted by molar-refractivity contribution is 0.0943. The topological polar surface area (TPSA) is 17.1 Å². The van der Waals surface area contributed by atoms with Crippen LogP contribution in [-0.2, 0) is 0 Å². The van der Waals surface area contributed by atoms with Crippen molar-refractivity contribution in [1.29, 1.82) is 0 Å². The Labute approximate surface area is 105 Å². The van der Waals surface area contributed by atoms with Gasteiger partial charge < -0.3 is 0 Å². The first kappa shape index (κ1) is 11.8. The molecule has 2 bridgehead atoms. The van der Waals surface area contributed by atoms with Crippen molar-refractivity contribution in [3.8, 4) is 0 Å². The predicted molar refractivity (Wildman–Crippen MR) is 64.2 cm³/mol. The van der Waals surface area contributed by atoms with Crippen LogP contribution in [0.2, 0.25) is 0 Å². The van der Waals surface area contributed by atoms with Gasteiger partial charge in [0.1, 0.15) is 0 Å².